The Bertz CT molecular complexity index is 3000. The zero-order chi connectivity index (χ0) is 48.6. The van der Waals surface area contributed by atoms with Crippen LogP contribution in [0.15, 0.2) is 83.9 Å². The van der Waals surface area contributed by atoms with Gasteiger partial charge in [-0.3, -0.25) is 0 Å². The molecule has 356 valence electrons. The normalized spacial score (nSPS) is 25.5. The maximum Gasteiger partial charge on any atom is 0.256 e. The zero-order valence-corrected chi connectivity index (χ0v) is 46.1. The van der Waals surface area contributed by atoms with Crippen LogP contribution >= 0.6 is 11.3 Å². The van der Waals surface area contributed by atoms with Gasteiger partial charge in [0, 0.05) is 26.2 Å². The van der Waals surface area contributed by atoms with E-state index in [1.165, 1.54) is 82.4 Å². The van der Waals surface area contributed by atoms with E-state index in [-0.39, 0.29) is 44.6 Å². The van der Waals surface area contributed by atoms with Crippen molar-refractivity contribution >= 4 is 55.4 Å². The fraction of sp³-hybridized carbons (Fsp3) is 0.538. The minimum Gasteiger partial charge on any atom is -0.310 e. The third-order valence-corrected chi connectivity index (χ3v) is 21.1. The van der Waals surface area contributed by atoms with E-state index in [1.54, 1.807) is 54.7 Å². The summed E-state index contributed by atoms with van der Waals surface area (Å²) in [5.41, 5.74) is 24.1. The molecule has 0 amide bonds. The quantitative estimate of drug-likeness (QED) is 0.163. The molecule has 0 saturated carbocycles. The van der Waals surface area contributed by atoms with Crippen LogP contribution in [0.2, 0.25) is 0 Å². The Hall–Kier alpha value is -3.82. The predicted octanol–water partition coefficient (Wildman–Crippen LogP) is 17.1. The van der Waals surface area contributed by atoms with Crippen LogP contribution in [-0.2, 0) is 38.9 Å². The molecule has 6 aliphatic rings. The lowest BCUT2D eigenvalue weighted by Gasteiger charge is -2.43. The molecule has 4 aromatic carbocycles. The fourth-order valence-electron chi connectivity index (χ4n) is 14.6. The summed E-state index contributed by atoms with van der Waals surface area (Å²) in [5, 5.41) is 1.45. The molecule has 3 heterocycles. The van der Waals surface area contributed by atoms with Gasteiger partial charge in [0.05, 0.1) is 5.69 Å². The number of hydrogen-bond acceptors (Lipinski definition) is 2. The molecule has 3 atom stereocenters. The second-order valence-electron chi connectivity index (χ2n) is 28.2. The van der Waals surface area contributed by atoms with Gasteiger partial charge in [-0.2, -0.15) is 0 Å². The van der Waals surface area contributed by atoms with Crippen LogP contribution in [0, 0.1) is 24.2 Å². The van der Waals surface area contributed by atoms with Crippen molar-refractivity contribution in [1.29, 1.82) is 0 Å². The molecule has 3 heteroatoms. The van der Waals surface area contributed by atoms with E-state index in [4.69, 9.17) is 0 Å². The number of hydrogen-bond donors (Lipinski definition) is 0. The Labute approximate surface area is 416 Å². The summed E-state index contributed by atoms with van der Waals surface area (Å²) in [4.78, 5) is 2.79. The minimum absolute atomic E-state index is 0.110. The first-order valence-corrected chi connectivity index (χ1v) is 27.7. The first kappa shape index (κ1) is 46.6. The molecule has 0 radical (unpaired) electrons. The first-order chi connectivity index (χ1) is 31.6. The number of rotatable bonds is 3. The second-order valence-corrected chi connectivity index (χ2v) is 29.3. The number of fused-ring (bicyclic) bond motifs is 8. The highest BCUT2D eigenvalue weighted by atomic mass is 32.1. The molecule has 5 aromatic rings. The van der Waals surface area contributed by atoms with Gasteiger partial charge < -0.3 is 4.90 Å². The van der Waals surface area contributed by atoms with Gasteiger partial charge in [-0.25, -0.2) is 0 Å². The van der Waals surface area contributed by atoms with Crippen molar-refractivity contribution in [2.45, 2.75) is 207 Å². The molecule has 11 rings (SSSR count). The van der Waals surface area contributed by atoms with Crippen molar-refractivity contribution in [1.82, 2.24) is 0 Å². The third-order valence-electron chi connectivity index (χ3n) is 19.9. The van der Waals surface area contributed by atoms with Gasteiger partial charge >= 0.3 is 0 Å². The predicted molar refractivity (Wildman–Crippen MR) is 298 cm³/mol. The monoisotopic (exact) mass is 920 g/mol. The topological polar surface area (TPSA) is 3.24 Å². The largest absolute Gasteiger partial charge is 0.310 e. The van der Waals surface area contributed by atoms with Gasteiger partial charge in [-0.15, -0.1) is 11.3 Å². The van der Waals surface area contributed by atoms with Crippen LogP contribution in [0.25, 0.3) is 10.1 Å². The number of anilines is 3. The molecular formula is C65H82BNS. The van der Waals surface area contributed by atoms with Gasteiger partial charge in [0.2, 0.25) is 0 Å². The van der Waals surface area contributed by atoms with Crippen LogP contribution in [0.5, 0.6) is 0 Å². The maximum atomic E-state index is 2.79. The molecule has 0 bridgehead atoms. The number of nitrogens with zero attached hydrogens (tertiary/aromatic N) is 1. The average Bonchev–Trinajstić information content (AvgIpc) is 3.59. The van der Waals surface area contributed by atoms with E-state index >= 15 is 0 Å². The molecule has 0 fully saturated rings. The Kier molecular flexibility index (Phi) is 10.2. The zero-order valence-electron chi connectivity index (χ0n) is 45.2. The summed E-state index contributed by atoms with van der Waals surface area (Å²) in [7, 11) is 0. The SMILES string of the molecule is Cc1cc2c(cc1C[C@H]1C3=C(CC(C(C)(C)C)C=C3)B3c4sc5cc6c(cc5c4N(c4ccc5c(c4)C(C)(C)CCC5(C)C)c4cccc(c43)C1C)C(C)(C)CCC6(C)C)C(C)(C)CCC2(C)C. The molecule has 1 aromatic heterocycles. The highest BCUT2D eigenvalue weighted by molar-refractivity contribution is 7.32. The summed E-state index contributed by atoms with van der Waals surface area (Å²) >= 11 is 2.14. The van der Waals surface area contributed by atoms with E-state index < -0.39 is 0 Å². The number of aryl methyl sites for hydroxylation is 1. The molecule has 2 aliphatic heterocycles. The minimum atomic E-state index is 0.110. The van der Waals surface area contributed by atoms with Gasteiger partial charge in [0.1, 0.15) is 0 Å². The summed E-state index contributed by atoms with van der Waals surface area (Å²) < 4.78 is 3.02. The number of thiophene rings is 1. The van der Waals surface area contributed by atoms with E-state index in [0.29, 0.717) is 17.8 Å². The standard InChI is InChI=1S/C65H82BNS/c1-38-31-48-49(62(10,11)28-27-61(48,8)9)33-40(38)32-45-39(2)43-19-18-20-54-56(43)66(53-34-41(59(3,4)5)21-23-44(45)53)58-57(46-36-51-52(37-55(46)68-58)65(16,17)30-29-64(51,14)15)67(54)42-22-24-47-50(35-42)63(12,13)26-25-60(47,6)7/h18-24,31,33,35-37,39,41,45H,25-30,32,34H2,1-17H3/t39?,41?,45-/m1/s1. The molecule has 4 aliphatic carbocycles. The van der Waals surface area contributed by atoms with Crippen molar-refractivity contribution < 1.29 is 0 Å². The van der Waals surface area contributed by atoms with Gasteiger partial charge in [-0.1, -0.05) is 164 Å². The smallest absolute Gasteiger partial charge is 0.256 e. The average molecular weight is 920 g/mol. The van der Waals surface area contributed by atoms with E-state index in [0.717, 1.165) is 12.8 Å². The van der Waals surface area contributed by atoms with Crippen LogP contribution in [0.4, 0.5) is 17.1 Å². The lowest BCUT2D eigenvalue weighted by molar-refractivity contribution is 0.290. The molecule has 0 spiro atoms. The first-order valence-electron chi connectivity index (χ1n) is 26.9. The van der Waals surface area contributed by atoms with Crippen LogP contribution in [0.3, 0.4) is 0 Å². The van der Waals surface area contributed by atoms with Gasteiger partial charge in [0.15, 0.2) is 0 Å². The Morgan fingerprint density at radius 2 is 1.19 bits per heavy atom. The Morgan fingerprint density at radius 1 is 0.647 bits per heavy atom. The Balaban J connectivity index is 1.20. The summed E-state index contributed by atoms with van der Waals surface area (Å²) in [6.07, 6.45) is 14.8. The fourth-order valence-corrected chi connectivity index (χ4v) is 16.0. The number of allylic oxidation sites excluding steroid dienone is 4. The molecule has 1 nitrogen and oxygen atoms in total. The van der Waals surface area contributed by atoms with Crippen molar-refractivity contribution in [2.24, 2.45) is 17.3 Å². The van der Waals surface area contributed by atoms with Crippen molar-refractivity contribution in [3.05, 3.63) is 134 Å². The molecule has 0 saturated heterocycles. The third kappa shape index (κ3) is 6.94. The lowest BCUT2D eigenvalue weighted by atomic mass is 9.35. The molecular weight excluding hydrogens is 838 g/mol. The number of benzene rings is 4. The summed E-state index contributed by atoms with van der Waals surface area (Å²) in [6, 6.07) is 25.9. The van der Waals surface area contributed by atoms with Crippen molar-refractivity contribution in [3.63, 3.8) is 0 Å². The van der Waals surface area contributed by atoms with Crippen molar-refractivity contribution in [2.75, 3.05) is 4.90 Å². The lowest BCUT2D eigenvalue weighted by Crippen LogP contribution is -2.52. The van der Waals surface area contributed by atoms with E-state index in [1.807, 2.05) is 0 Å². The highest BCUT2D eigenvalue weighted by Gasteiger charge is 2.49. The van der Waals surface area contributed by atoms with Crippen LogP contribution in [0.1, 0.15) is 212 Å². The van der Waals surface area contributed by atoms with E-state index in [2.05, 4.69) is 207 Å². The van der Waals surface area contributed by atoms with Crippen LogP contribution < -0.4 is 15.1 Å². The maximum absolute atomic E-state index is 2.79. The summed E-state index contributed by atoms with van der Waals surface area (Å²) in [6.45, 7) is 42.6. The molecule has 68 heavy (non-hydrogen) atoms. The summed E-state index contributed by atoms with van der Waals surface area (Å²) in [5.74, 6) is 1.17. The van der Waals surface area contributed by atoms with Gasteiger partial charge in [0.25, 0.3) is 6.71 Å². The van der Waals surface area contributed by atoms with Crippen molar-refractivity contribution in [3.8, 4) is 0 Å². The van der Waals surface area contributed by atoms with E-state index in [9.17, 15) is 0 Å². The van der Waals surface area contributed by atoms with Gasteiger partial charge in [-0.05, 0) is 200 Å². The molecule has 0 N–H and O–H groups in total. The Morgan fingerprint density at radius 3 is 1.79 bits per heavy atom. The van der Waals surface area contributed by atoms with Crippen LogP contribution in [-0.4, -0.2) is 6.71 Å². The molecule has 2 unspecified atom stereocenters. The highest BCUT2D eigenvalue weighted by Crippen LogP contribution is 2.56. The second kappa shape index (κ2) is 14.9.